The van der Waals surface area contributed by atoms with Crippen molar-refractivity contribution < 1.29 is 9.53 Å². The Labute approximate surface area is 90.2 Å². The highest BCUT2D eigenvalue weighted by Gasteiger charge is 2.12. The summed E-state index contributed by atoms with van der Waals surface area (Å²) >= 11 is 0. The van der Waals surface area contributed by atoms with Gasteiger partial charge in [0.2, 0.25) is 0 Å². The molecule has 0 aromatic heterocycles. The van der Waals surface area contributed by atoms with Crippen LogP contribution in [-0.4, -0.2) is 12.6 Å². The van der Waals surface area contributed by atoms with Gasteiger partial charge in [-0.05, 0) is 30.5 Å². The van der Waals surface area contributed by atoms with E-state index in [1.807, 2.05) is 20.8 Å². The van der Waals surface area contributed by atoms with Crippen LogP contribution in [0.15, 0.2) is 18.2 Å². The minimum Gasteiger partial charge on any atom is -0.462 e. The van der Waals surface area contributed by atoms with Crippen LogP contribution in [-0.2, 0) is 4.74 Å². The average Bonchev–Trinajstić information content (AvgIpc) is 2.18. The maximum absolute atomic E-state index is 11.6. The Bertz CT molecular complexity index is 359. The van der Waals surface area contributed by atoms with Crippen molar-refractivity contribution in [3.05, 3.63) is 29.3 Å². The molecule has 3 nitrogen and oxygen atoms in total. The van der Waals surface area contributed by atoms with Crippen LogP contribution in [0.2, 0.25) is 0 Å². The van der Waals surface area contributed by atoms with Crippen molar-refractivity contribution in [2.24, 2.45) is 5.92 Å². The Morgan fingerprint density at radius 2 is 2.13 bits per heavy atom. The second kappa shape index (κ2) is 4.82. The molecule has 0 atom stereocenters. The van der Waals surface area contributed by atoms with Crippen LogP contribution in [0.1, 0.15) is 29.8 Å². The summed E-state index contributed by atoms with van der Waals surface area (Å²) in [6.07, 6.45) is 0. The zero-order valence-electron chi connectivity index (χ0n) is 9.41. The lowest BCUT2D eigenvalue weighted by Crippen LogP contribution is -2.12. The highest BCUT2D eigenvalue weighted by Crippen LogP contribution is 2.16. The van der Waals surface area contributed by atoms with Crippen molar-refractivity contribution >= 4 is 11.7 Å². The van der Waals surface area contributed by atoms with Crippen LogP contribution in [0.25, 0.3) is 0 Å². The van der Waals surface area contributed by atoms with Gasteiger partial charge in [0.25, 0.3) is 0 Å². The number of ether oxygens (including phenoxy) is 1. The van der Waals surface area contributed by atoms with Gasteiger partial charge in [0.05, 0.1) is 12.2 Å². The molecule has 3 heteroatoms. The van der Waals surface area contributed by atoms with E-state index in [9.17, 15) is 4.79 Å². The summed E-state index contributed by atoms with van der Waals surface area (Å²) in [6, 6.07) is 5.26. The van der Waals surface area contributed by atoms with Crippen molar-refractivity contribution in [2.75, 3.05) is 12.3 Å². The van der Waals surface area contributed by atoms with Crippen molar-refractivity contribution in [3.8, 4) is 0 Å². The third-order valence-electron chi connectivity index (χ3n) is 2.14. The first-order valence-corrected chi connectivity index (χ1v) is 5.04. The first-order valence-electron chi connectivity index (χ1n) is 5.04. The van der Waals surface area contributed by atoms with Crippen LogP contribution in [0.4, 0.5) is 5.69 Å². The van der Waals surface area contributed by atoms with Gasteiger partial charge in [-0.3, -0.25) is 0 Å². The molecule has 0 aliphatic rings. The van der Waals surface area contributed by atoms with Gasteiger partial charge in [0, 0.05) is 5.69 Å². The monoisotopic (exact) mass is 207 g/mol. The minimum atomic E-state index is -0.298. The maximum atomic E-state index is 11.6. The maximum Gasteiger partial charge on any atom is 0.338 e. The molecule has 0 fully saturated rings. The Morgan fingerprint density at radius 1 is 1.47 bits per heavy atom. The van der Waals surface area contributed by atoms with Gasteiger partial charge in [-0.15, -0.1) is 0 Å². The van der Waals surface area contributed by atoms with Gasteiger partial charge < -0.3 is 10.5 Å². The van der Waals surface area contributed by atoms with E-state index < -0.39 is 0 Å². The fourth-order valence-corrected chi connectivity index (χ4v) is 1.19. The second-order valence-electron chi connectivity index (χ2n) is 4.01. The largest absolute Gasteiger partial charge is 0.462 e. The fraction of sp³-hybridized carbons (Fsp3) is 0.417. The molecule has 1 rings (SSSR count). The molecule has 0 bridgehead atoms. The molecular formula is C12H17NO2. The zero-order chi connectivity index (χ0) is 11.4. The average molecular weight is 207 g/mol. The van der Waals surface area contributed by atoms with E-state index in [1.54, 1.807) is 18.2 Å². The topological polar surface area (TPSA) is 52.3 Å². The molecule has 0 amide bonds. The Morgan fingerprint density at radius 3 is 2.73 bits per heavy atom. The predicted molar refractivity (Wildman–Crippen MR) is 60.7 cm³/mol. The van der Waals surface area contributed by atoms with Crippen LogP contribution in [0.5, 0.6) is 0 Å². The lowest BCUT2D eigenvalue weighted by Gasteiger charge is -2.10. The zero-order valence-corrected chi connectivity index (χ0v) is 9.41. The normalized spacial score (nSPS) is 10.4. The molecule has 0 unspecified atom stereocenters. The molecule has 0 radical (unpaired) electrons. The smallest absolute Gasteiger partial charge is 0.338 e. The van der Waals surface area contributed by atoms with E-state index in [4.69, 9.17) is 10.5 Å². The molecule has 15 heavy (non-hydrogen) atoms. The van der Waals surface area contributed by atoms with E-state index in [0.29, 0.717) is 23.8 Å². The molecular weight excluding hydrogens is 190 g/mol. The molecule has 0 aliphatic heterocycles. The van der Waals surface area contributed by atoms with Crippen LogP contribution in [0.3, 0.4) is 0 Å². The summed E-state index contributed by atoms with van der Waals surface area (Å²) in [5.74, 6) is 0.0452. The Balaban J connectivity index is 2.78. The lowest BCUT2D eigenvalue weighted by molar-refractivity contribution is 0.0458. The standard InChI is InChI=1S/C12H17NO2/c1-8(2)7-15-12(14)10-5-4-6-11(13)9(10)3/h4-6,8H,7,13H2,1-3H3. The number of carbonyl (C=O) groups excluding carboxylic acids is 1. The van der Waals surface area contributed by atoms with Gasteiger partial charge in [0.15, 0.2) is 0 Å². The van der Waals surface area contributed by atoms with Gasteiger partial charge in [-0.25, -0.2) is 4.79 Å². The number of rotatable bonds is 3. The van der Waals surface area contributed by atoms with Gasteiger partial charge >= 0.3 is 5.97 Å². The third kappa shape index (κ3) is 2.98. The number of nitrogens with two attached hydrogens (primary N) is 1. The number of nitrogen functional groups attached to an aromatic ring is 1. The SMILES string of the molecule is Cc1c(N)cccc1C(=O)OCC(C)C. The van der Waals surface area contributed by atoms with E-state index in [1.165, 1.54) is 0 Å². The van der Waals surface area contributed by atoms with Crippen molar-refractivity contribution in [1.29, 1.82) is 0 Å². The van der Waals surface area contributed by atoms with E-state index in [-0.39, 0.29) is 5.97 Å². The Kier molecular flexibility index (Phi) is 3.72. The molecule has 1 aromatic carbocycles. The summed E-state index contributed by atoms with van der Waals surface area (Å²) in [4.78, 5) is 11.6. The first-order chi connectivity index (χ1) is 7.02. The summed E-state index contributed by atoms with van der Waals surface area (Å²) in [5.41, 5.74) is 7.66. The molecule has 1 aromatic rings. The van der Waals surface area contributed by atoms with Crippen LogP contribution >= 0.6 is 0 Å². The number of hydrogen-bond donors (Lipinski definition) is 1. The predicted octanol–water partition coefficient (Wildman–Crippen LogP) is 2.39. The van der Waals surface area contributed by atoms with Crippen molar-refractivity contribution in [2.45, 2.75) is 20.8 Å². The summed E-state index contributed by atoms with van der Waals surface area (Å²) < 4.78 is 5.13. The lowest BCUT2D eigenvalue weighted by atomic mass is 10.1. The summed E-state index contributed by atoms with van der Waals surface area (Å²) in [5, 5.41) is 0. The van der Waals surface area contributed by atoms with Crippen LogP contribution < -0.4 is 5.73 Å². The van der Waals surface area contributed by atoms with Crippen LogP contribution in [0, 0.1) is 12.8 Å². The van der Waals surface area contributed by atoms with Crippen molar-refractivity contribution in [3.63, 3.8) is 0 Å². The number of benzene rings is 1. The number of carbonyl (C=O) groups is 1. The van der Waals surface area contributed by atoms with Crippen molar-refractivity contribution in [1.82, 2.24) is 0 Å². The second-order valence-corrected chi connectivity index (χ2v) is 4.01. The molecule has 0 aliphatic carbocycles. The number of anilines is 1. The Hall–Kier alpha value is -1.51. The number of hydrogen-bond acceptors (Lipinski definition) is 3. The molecule has 82 valence electrons. The van der Waals surface area contributed by atoms with E-state index in [0.717, 1.165) is 5.56 Å². The summed E-state index contributed by atoms with van der Waals surface area (Å²) in [7, 11) is 0. The minimum absolute atomic E-state index is 0.298. The molecule has 0 spiro atoms. The van der Waals surface area contributed by atoms with E-state index in [2.05, 4.69) is 0 Å². The third-order valence-corrected chi connectivity index (χ3v) is 2.14. The quantitative estimate of drug-likeness (QED) is 0.611. The number of esters is 1. The molecule has 2 N–H and O–H groups in total. The summed E-state index contributed by atoms with van der Waals surface area (Å²) in [6.45, 7) is 6.26. The first kappa shape index (κ1) is 11.6. The highest BCUT2D eigenvalue weighted by atomic mass is 16.5. The van der Waals surface area contributed by atoms with Gasteiger partial charge in [0.1, 0.15) is 0 Å². The fourth-order valence-electron chi connectivity index (χ4n) is 1.19. The highest BCUT2D eigenvalue weighted by molar-refractivity contribution is 5.92. The molecule has 0 heterocycles. The molecule has 0 saturated carbocycles. The van der Waals surface area contributed by atoms with E-state index >= 15 is 0 Å². The molecule has 0 saturated heterocycles. The van der Waals surface area contributed by atoms with Gasteiger partial charge in [-0.1, -0.05) is 19.9 Å². The van der Waals surface area contributed by atoms with Gasteiger partial charge in [-0.2, -0.15) is 0 Å².